The van der Waals surface area contributed by atoms with E-state index in [0.29, 0.717) is 49.1 Å². The standard InChI is InChI=1S/C20H19N3O4/c24-19-9-7-16(22-23(19)13-14-4-2-1-3-5-14)20(25)21-15-6-8-17-18(12-15)27-11-10-26-17/h1-6,8,12H,7,9-11,13H2,(H,21,25). The maximum absolute atomic E-state index is 12.6. The molecule has 2 aromatic rings. The molecule has 0 aliphatic carbocycles. The van der Waals surface area contributed by atoms with E-state index in [2.05, 4.69) is 10.4 Å². The number of benzene rings is 2. The third kappa shape index (κ3) is 3.92. The Morgan fingerprint density at radius 1 is 1.04 bits per heavy atom. The van der Waals surface area contributed by atoms with E-state index < -0.39 is 0 Å². The number of hydrogen-bond donors (Lipinski definition) is 1. The van der Waals surface area contributed by atoms with Gasteiger partial charge in [0.2, 0.25) is 5.91 Å². The lowest BCUT2D eigenvalue weighted by Crippen LogP contribution is -2.36. The van der Waals surface area contributed by atoms with Gasteiger partial charge < -0.3 is 14.8 Å². The molecule has 0 saturated heterocycles. The van der Waals surface area contributed by atoms with Crippen LogP contribution in [0.2, 0.25) is 0 Å². The molecule has 0 fully saturated rings. The molecule has 2 aliphatic heterocycles. The van der Waals surface area contributed by atoms with Crippen LogP contribution in [0.15, 0.2) is 53.6 Å². The molecule has 0 saturated carbocycles. The van der Waals surface area contributed by atoms with Crippen molar-refractivity contribution in [2.75, 3.05) is 18.5 Å². The first-order valence-electron chi connectivity index (χ1n) is 8.82. The van der Waals surface area contributed by atoms with Gasteiger partial charge in [-0.1, -0.05) is 30.3 Å². The Hall–Kier alpha value is -3.35. The van der Waals surface area contributed by atoms with E-state index in [1.54, 1.807) is 18.2 Å². The summed E-state index contributed by atoms with van der Waals surface area (Å²) in [5, 5.41) is 8.45. The zero-order valence-corrected chi connectivity index (χ0v) is 14.7. The van der Waals surface area contributed by atoms with E-state index in [1.165, 1.54) is 5.01 Å². The summed E-state index contributed by atoms with van der Waals surface area (Å²) >= 11 is 0. The van der Waals surface area contributed by atoms with Crippen molar-refractivity contribution >= 4 is 23.2 Å². The quantitative estimate of drug-likeness (QED) is 0.903. The fourth-order valence-corrected chi connectivity index (χ4v) is 2.97. The number of nitrogens with zero attached hydrogens (tertiary/aromatic N) is 2. The van der Waals surface area contributed by atoms with E-state index >= 15 is 0 Å². The van der Waals surface area contributed by atoms with E-state index in [-0.39, 0.29) is 18.2 Å². The first-order valence-corrected chi connectivity index (χ1v) is 8.82. The molecule has 2 aliphatic rings. The summed E-state index contributed by atoms with van der Waals surface area (Å²) in [7, 11) is 0. The Labute approximate surface area is 156 Å². The van der Waals surface area contributed by atoms with Crippen LogP contribution in [-0.2, 0) is 16.1 Å². The highest BCUT2D eigenvalue weighted by Gasteiger charge is 2.25. The van der Waals surface area contributed by atoms with Gasteiger partial charge in [-0.2, -0.15) is 5.10 Å². The van der Waals surface area contributed by atoms with E-state index in [0.717, 1.165) is 5.56 Å². The van der Waals surface area contributed by atoms with Crippen LogP contribution in [0.3, 0.4) is 0 Å². The number of carbonyl (C=O) groups is 2. The third-order valence-electron chi connectivity index (χ3n) is 4.34. The minimum Gasteiger partial charge on any atom is -0.486 e. The van der Waals surface area contributed by atoms with Crippen LogP contribution in [0.4, 0.5) is 5.69 Å². The number of carbonyl (C=O) groups excluding carboxylic acids is 2. The molecular formula is C20H19N3O4. The second-order valence-corrected chi connectivity index (χ2v) is 6.30. The summed E-state index contributed by atoms with van der Waals surface area (Å²) in [6.45, 7) is 1.34. The Bertz CT molecular complexity index is 895. The smallest absolute Gasteiger partial charge is 0.271 e. The predicted molar refractivity (Wildman–Crippen MR) is 99.7 cm³/mol. The molecule has 2 amide bonds. The monoisotopic (exact) mass is 365 g/mol. The molecule has 0 bridgehead atoms. The van der Waals surface area contributed by atoms with E-state index in [1.807, 2.05) is 30.3 Å². The van der Waals surface area contributed by atoms with Gasteiger partial charge in [-0.3, -0.25) is 9.59 Å². The predicted octanol–water partition coefficient (Wildman–Crippen LogP) is 2.57. The average molecular weight is 365 g/mol. The lowest BCUT2D eigenvalue weighted by molar-refractivity contribution is -0.132. The van der Waals surface area contributed by atoms with E-state index in [9.17, 15) is 9.59 Å². The van der Waals surface area contributed by atoms with Crippen LogP contribution in [0.1, 0.15) is 18.4 Å². The molecule has 7 heteroatoms. The summed E-state index contributed by atoms with van der Waals surface area (Å²) in [5.74, 6) is 0.853. The van der Waals surface area contributed by atoms with Crippen molar-refractivity contribution < 1.29 is 19.1 Å². The van der Waals surface area contributed by atoms with Crippen molar-refractivity contribution in [1.29, 1.82) is 0 Å². The van der Waals surface area contributed by atoms with Crippen LogP contribution >= 0.6 is 0 Å². The summed E-state index contributed by atoms with van der Waals surface area (Å²) in [4.78, 5) is 24.7. The molecule has 27 heavy (non-hydrogen) atoms. The van der Waals surface area contributed by atoms with Crippen LogP contribution in [0.5, 0.6) is 11.5 Å². The largest absolute Gasteiger partial charge is 0.486 e. The zero-order chi connectivity index (χ0) is 18.6. The minimum absolute atomic E-state index is 0.0882. The minimum atomic E-state index is -0.322. The molecular weight excluding hydrogens is 346 g/mol. The molecule has 2 heterocycles. The second kappa shape index (κ2) is 7.49. The van der Waals surface area contributed by atoms with Crippen molar-refractivity contribution in [2.45, 2.75) is 19.4 Å². The summed E-state index contributed by atoms with van der Waals surface area (Å²) < 4.78 is 11.0. The molecule has 0 radical (unpaired) electrons. The number of anilines is 1. The van der Waals surface area contributed by atoms with Crippen LogP contribution < -0.4 is 14.8 Å². The highest BCUT2D eigenvalue weighted by Crippen LogP contribution is 2.32. The highest BCUT2D eigenvalue weighted by atomic mass is 16.6. The molecule has 138 valence electrons. The van der Waals surface area contributed by atoms with Gasteiger partial charge in [0.1, 0.15) is 18.9 Å². The number of rotatable bonds is 4. The first kappa shape index (κ1) is 17.1. The second-order valence-electron chi connectivity index (χ2n) is 6.30. The Morgan fingerprint density at radius 3 is 2.63 bits per heavy atom. The van der Waals surface area contributed by atoms with Gasteiger partial charge >= 0.3 is 0 Å². The summed E-state index contributed by atoms with van der Waals surface area (Å²) in [5.41, 5.74) is 1.89. The fraction of sp³-hybridized carbons (Fsp3) is 0.250. The topological polar surface area (TPSA) is 80.2 Å². The van der Waals surface area contributed by atoms with E-state index in [4.69, 9.17) is 9.47 Å². The van der Waals surface area contributed by atoms with Crippen molar-refractivity contribution in [2.24, 2.45) is 5.10 Å². The van der Waals surface area contributed by atoms with Crippen molar-refractivity contribution in [3.05, 3.63) is 54.1 Å². The lowest BCUT2D eigenvalue weighted by Gasteiger charge is -2.23. The number of ether oxygens (including phenoxy) is 2. The van der Waals surface area contributed by atoms with Crippen LogP contribution in [0.25, 0.3) is 0 Å². The Kier molecular flexibility index (Phi) is 4.74. The third-order valence-corrected chi connectivity index (χ3v) is 4.34. The molecule has 0 spiro atoms. The number of nitrogens with one attached hydrogen (secondary N) is 1. The van der Waals surface area contributed by atoms with Gasteiger partial charge in [0, 0.05) is 24.6 Å². The maximum Gasteiger partial charge on any atom is 0.271 e. The van der Waals surface area contributed by atoms with Gasteiger partial charge in [0.15, 0.2) is 11.5 Å². The number of fused-ring (bicyclic) bond motifs is 1. The summed E-state index contributed by atoms with van der Waals surface area (Å²) in [6, 6.07) is 14.8. The zero-order valence-electron chi connectivity index (χ0n) is 14.7. The van der Waals surface area contributed by atoms with Gasteiger partial charge in [-0.15, -0.1) is 0 Å². The fourth-order valence-electron chi connectivity index (χ4n) is 2.97. The van der Waals surface area contributed by atoms with Crippen LogP contribution in [0, 0.1) is 0 Å². The average Bonchev–Trinajstić information content (AvgIpc) is 2.70. The van der Waals surface area contributed by atoms with Gasteiger partial charge in [0.25, 0.3) is 5.91 Å². The molecule has 4 rings (SSSR count). The first-order chi connectivity index (χ1) is 13.2. The molecule has 0 atom stereocenters. The molecule has 7 nitrogen and oxygen atoms in total. The highest BCUT2D eigenvalue weighted by molar-refractivity contribution is 6.43. The molecule has 0 unspecified atom stereocenters. The Balaban J connectivity index is 1.47. The molecule has 0 aromatic heterocycles. The van der Waals surface area contributed by atoms with Gasteiger partial charge in [-0.25, -0.2) is 5.01 Å². The number of hydrogen-bond acceptors (Lipinski definition) is 5. The van der Waals surface area contributed by atoms with Crippen molar-refractivity contribution in [3.63, 3.8) is 0 Å². The van der Waals surface area contributed by atoms with Crippen molar-refractivity contribution in [1.82, 2.24) is 5.01 Å². The maximum atomic E-state index is 12.6. The number of hydrazone groups is 1. The summed E-state index contributed by atoms with van der Waals surface area (Å²) in [6.07, 6.45) is 0.584. The normalized spacial score (nSPS) is 15.9. The van der Waals surface area contributed by atoms with Crippen LogP contribution in [-0.4, -0.2) is 35.7 Å². The Morgan fingerprint density at radius 2 is 1.81 bits per heavy atom. The lowest BCUT2D eigenvalue weighted by atomic mass is 10.1. The molecule has 1 N–H and O–H groups in total. The SMILES string of the molecule is O=C(Nc1ccc2c(c1)OCCO2)C1=NN(Cc2ccccc2)C(=O)CC1. The number of amides is 2. The van der Waals surface area contributed by atoms with Gasteiger partial charge in [-0.05, 0) is 17.7 Å². The van der Waals surface area contributed by atoms with Crippen molar-refractivity contribution in [3.8, 4) is 11.5 Å². The van der Waals surface area contributed by atoms with Gasteiger partial charge in [0.05, 0.1) is 6.54 Å². The molecule has 2 aromatic carbocycles.